The minimum Gasteiger partial charge on any atom is -0.355 e. The molecule has 6 nitrogen and oxygen atoms in total. The van der Waals surface area contributed by atoms with E-state index in [1.807, 2.05) is 48.5 Å². The highest BCUT2D eigenvalue weighted by atomic mass is 32.1. The van der Waals surface area contributed by atoms with Crippen molar-refractivity contribution in [1.82, 2.24) is 15.0 Å². The van der Waals surface area contributed by atoms with E-state index in [9.17, 15) is 4.79 Å². The molecule has 0 unspecified atom stereocenters. The van der Waals surface area contributed by atoms with Crippen LogP contribution < -0.4 is 9.80 Å². The van der Waals surface area contributed by atoms with Crippen LogP contribution in [-0.2, 0) is 4.79 Å². The van der Waals surface area contributed by atoms with Crippen LogP contribution in [-0.4, -0.2) is 41.0 Å². The van der Waals surface area contributed by atoms with E-state index in [4.69, 9.17) is 0 Å². The Kier molecular flexibility index (Phi) is 3.93. The highest BCUT2D eigenvalue weighted by molar-refractivity contribution is 7.09. The number of amides is 1. The topological polar surface area (TPSA) is 62.2 Å². The van der Waals surface area contributed by atoms with Crippen LogP contribution in [0.15, 0.2) is 35.7 Å². The molecular formula is C18H17N5OS. The molecule has 0 N–H and O–H groups in total. The van der Waals surface area contributed by atoms with Crippen molar-refractivity contribution < 1.29 is 4.79 Å². The third-order valence-corrected chi connectivity index (χ3v) is 4.90. The van der Waals surface area contributed by atoms with Gasteiger partial charge in [0.2, 0.25) is 0 Å². The number of para-hydroxylation sites is 2. The lowest BCUT2D eigenvalue weighted by molar-refractivity contribution is -0.114. The summed E-state index contributed by atoms with van der Waals surface area (Å²) in [5.74, 6) is 1.23. The molecule has 0 radical (unpaired) electrons. The summed E-state index contributed by atoms with van der Waals surface area (Å²) in [7, 11) is 1.97. The predicted octanol–water partition coefficient (Wildman–Crippen LogP) is 2.89. The third kappa shape index (κ3) is 2.98. The van der Waals surface area contributed by atoms with Gasteiger partial charge in [-0.2, -0.15) is 0 Å². The molecule has 2 aromatic heterocycles. The van der Waals surface area contributed by atoms with Crippen molar-refractivity contribution in [3.63, 3.8) is 0 Å². The number of hydrogen-bond acceptors (Lipinski definition) is 6. The number of likely N-dealkylation sites (N-methyl/N-ethyl adjacent to an activating group) is 1. The summed E-state index contributed by atoms with van der Waals surface area (Å²) >= 11 is 1.57. The number of anilines is 2. The molecule has 0 fully saturated rings. The van der Waals surface area contributed by atoms with Crippen LogP contribution in [0.3, 0.4) is 0 Å². The van der Waals surface area contributed by atoms with Crippen LogP contribution in [0.25, 0.3) is 17.1 Å². The third-order valence-electron chi connectivity index (χ3n) is 4.11. The highest BCUT2D eigenvalue weighted by Crippen LogP contribution is 2.30. The zero-order chi connectivity index (χ0) is 17.4. The quantitative estimate of drug-likeness (QED) is 0.664. The summed E-state index contributed by atoms with van der Waals surface area (Å²) < 4.78 is 0. The van der Waals surface area contributed by atoms with Gasteiger partial charge in [0.15, 0.2) is 11.6 Å². The number of carbonyl (C=O) groups excluding carboxylic acids is 1. The number of fused-ring (bicyclic) bond motifs is 2. The molecule has 1 amide bonds. The number of nitrogens with zero attached hydrogens (tertiary/aromatic N) is 5. The Labute approximate surface area is 149 Å². The van der Waals surface area contributed by atoms with Crippen molar-refractivity contribution in [2.45, 2.75) is 6.92 Å². The van der Waals surface area contributed by atoms with E-state index < -0.39 is 0 Å². The molecule has 7 heteroatoms. The molecule has 4 rings (SSSR count). The Bertz CT molecular complexity index is 981. The van der Waals surface area contributed by atoms with Crippen molar-refractivity contribution in [2.24, 2.45) is 0 Å². The Morgan fingerprint density at radius 1 is 1.12 bits per heavy atom. The molecule has 0 bridgehead atoms. The van der Waals surface area contributed by atoms with E-state index in [1.165, 1.54) is 0 Å². The lowest BCUT2D eigenvalue weighted by Gasteiger charge is -2.33. The molecule has 0 atom stereocenters. The lowest BCUT2D eigenvalue weighted by Crippen LogP contribution is -2.43. The van der Waals surface area contributed by atoms with Crippen LogP contribution in [0.4, 0.5) is 11.6 Å². The molecule has 3 heterocycles. The summed E-state index contributed by atoms with van der Waals surface area (Å²) in [6.45, 7) is 3.24. The van der Waals surface area contributed by atoms with Gasteiger partial charge in [-0.25, -0.2) is 15.0 Å². The molecule has 0 aliphatic carbocycles. The number of rotatable bonds is 2. The van der Waals surface area contributed by atoms with Gasteiger partial charge >= 0.3 is 0 Å². The van der Waals surface area contributed by atoms with E-state index in [0.29, 0.717) is 12.4 Å². The number of aromatic nitrogens is 3. The second kappa shape index (κ2) is 6.25. The molecule has 0 saturated carbocycles. The summed E-state index contributed by atoms with van der Waals surface area (Å²) in [6.07, 6.45) is 3.30. The minimum atomic E-state index is -0.107. The SMILES string of the molecule is Cc1nc(/C=C/C(=O)N2CCN(C)c3nc4ccccc4nc32)cs1. The van der Waals surface area contributed by atoms with Crippen molar-refractivity contribution in [1.29, 1.82) is 0 Å². The van der Waals surface area contributed by atoms with Crippen LogP contribution in [0, 0.1) is 6.92 Å². The van der Waals surface area contributed by atoms with Gasteiger partial charge in [0, 0.05) is 31.6 Å². The Hall–Kier alpha value is -2.80. The smallest absolute Gasteiger partial charge is 0.252 e. The monoisotopic (exact) mass is 351 g/mol. The van der Waals surface area contributed by atoms with E-state index >= 15 is 0 Å². The molecule has 0 saturated heterocycles. The average Bonchev–Trinajstić information content (AvgIpc) is 3.04. The molecule has 0 spiro atoms. The Morgan fingerprint density at radius 2 is 1.84 bits per heavy atom. The Morgan fingerprint density at radius 3 is 2.52 bits per heavy atom. The van der Waals surface area contributed by atoms with Crippen LogP contribution in [0.2, 0.25) is 0 Å². The minimum absolute atomic E-state index is 0.107. The van der Waals surface area contributed by atoms with Gasteiger partial charge in [0.25, 0.3) is 5.91 Å². The maximum absolute atomic E-state index is 12.7. The zero-order valence-corrected chi connectivity index (χ0v) is 14.8. The fourth-order valence-electron chi connectivity index (χ4n) is 2.80. The van der Waals surface area contributed by atoms with Gasteiger partial charge < -0.3 is 4.90 Å². The molecule has 1 aliphatic heterocycles. The Balaban J connectivity index is 1.69. The molecule has 25 heavy (non-hydrogen) atoms. The molecule has 3 aromatic rings. The fraction of sp³-hybridized carbons (Fsp3) is 0.222. The maximum Gasteiger partial charge on any atom is 0.252 e. The first-order valence-electron chi connectivity index (χ1n) is 8.01. The summed E-state index contributed by atoms with van der Waals surface area (Å²) in [6, 6.07) is 7.70. The number of carbonyl (C=O) groups is 1. The van der Waals surface area contributed by atoms with E-state index in [0.717, 1.165) is 34.1 Å². The largest absolute Gasteiger partial charge is 0.355 e. The van der Waals surface area contributed by atoms with Crippen molar-refractivity contribution in [3.8, 4) is 0 Å². The second-order valence-corrected chi connectivity index (χ2v) is 6.96. The van der Waals surface area contributed by atoms with Crippen molar-refractivity contribution in [3.05, 3.63) is 46.4 Å². The number of thiazole rings is 1. The first-order chi connectivity index (χ1) is 12.1. The van der Waals surface area contributed by atoms with Crippen LogP contribution >= 0.6 is 11.3 Å². The number of aryl methyl sites for hydroxylation is 1. The lowest BCUT2D eigenvalue weighted by atomic mass is 10.2. The summed E-state index contributed by atoms with van der Waals surface area (Å²) in [4.78, 5) is 30.1. The first-order valence-corrected chi connectivity index (χ1v) is 8.89. The van der Waals surface area contributed by atoms with Gasteiger partial charge in [0.1, 0.15) is 0 Å². The highest BCUT2D eigenvalue weighted by Gasteiger charge is 2.27. The first kappa shape index (κ1) is 15.7. The maximum atomic E-state index is 12.7. The number of hydrogen-bond donors (Lipinski definition) is 0. The van der Waals surface area contributed by atoms with Gasteiger partial charge in [-0.1, -0.05) is 12.1 Å². The predicted molar refractivity (Wildman–Crippen MR) is 101 cm³/mol. The van der Waals surface area contributed by atoms with Crippen LogP contribution in [0.1, 0.15) is 10.7 Å². The number of benzene rings is 1. The molecular weight excluding hydrogens is 334 g/mol. The normalized spacial score (nSPS) is 14.3. The van der Waals surface area contributed by atoms with Crippen molar-refractivity contribution in [2.75, 3.05) is 29.9 Å². The van der Waals surface area contributed by atoms with Gasteiger partial charge in [-0.15, -0.1) is 11.3 Å². The van der Waals surface area contributed by atoms with Gasteiger partial charge in [0.05, 0.1) is 21.7 Å². The van der Waals surface area contributed by atoms with Gasteiger partial charge in [-0.3, -0.25) is 9.69 Å². The fourth-order valence-corrected chi connectivity index (χ4v) is 3.38. The van der Waals surface area contributed by atoms with E-state index in [2.05, 4.69) is 15.0 Å². The molecule has 1 aliphatic rings. The van der Waals surface area contributed by atoms with Crippen LogP contribution in [0.5, 0.6) is 0 Å². The van der Waals surface area contributed by atoms with E-state index in [1.54, 1.807) is 28.4 Å². The summed E-state index contributed by atoms with van der Waals surface area (Å²) in [5.41, 5.74) is 2.42. The second-order valence-electron chi connectivity index (χ2n) is 5.90. The van der Waals surface area contributed by atoms with E-state index in [-0.39, 0.29) is 5.91 Å². The van der Waals surface area contributed by atoms with Crippen molar-refractivity contribution >= 4 is 46.0 Å². The zero-order valence-electron chi connectivity index (χ0n) is 14.0. The molecule has 126 valence electrons. The van der Waals surface area contributed by atoms with Gasteiger partial charge in [-0.05, 0) is 25.1 Å². The summed E-state index contributed by atoms with van der Waals surface area (Å²) in [5, 5.41) is 2.92. The standard InChI is InChI=1S/C18H17N5OS/c1-12-19-13(11-25-12)7-8-16(24)23-10-9-22(2)17-18(23)21-15-6-4-3-5-14(15)20-17/h3-8,11H,9-10H2,1-2H3/b8-7+. The average molecular weight is 351 g/mol. The molecule has 1 aromatic carbocycles.